The van der Waals surface area contributed by atoms with Gasteiger partial charge < -0.3 is 15.5 Å². The van der Waals surface area contributed by atoms with Gasteiger partial charge in [0.25, 0.3) is 0 Å². The fourth-order valence-electron chi connectivity index (χ4n) is 3.01. The SMILES string of the molecule is Cc1ccc(NC(=O)C(=O)NC[C@@H]2CCN(c3ccccc3)C2)cc1. The van der Waals surface area contributed by atoms with Crippen LogP contribution in [0.4, 0.5) is 11.4 Å². The summed E-state index contributed by atoms with van der Waals surface area (Å²) < 4.78 is 0. The van der Waals surface area contributed by atoms with Crippen LogP contribution in [0.1, 0.15) is 12.0 Å². The van der Waals surface area contributed by atoms with Gasteiger partial charge in [-0.1, -0.05) is 35.9 Å². The van der Waals surface area contributed by atoms with Crippen LogP contribution in [0.15, 0.2) is 54.6 Å². The van der Waals surface area contributed by atoms with E-state index in [1.54, 1.807) is 12.1 Å². The van der Waals surface area contributed by atoms with Crippen molar-refractivity contribution in [2.45, 2.75) is 13.3 Å². The molecule has 2 amide bonds. The first-order valence-electron chi connectivity index (χ1n) is 8.57. The van der Waals surface area contributed by atoms with E-state index in [1.807, 2.05) is 37.3 Å². The number of nitrogens with zero attached hydrogens (tertiary/aromatic N) is 1. The second-order valence-electron chi connectivity index (χ2n) is 6.47. The molecule has 1 fully saturated rings. The normalized spacial score (nSPS) is 16.5. The summed E-state index contributed by atoms with van der Waals surface area (Å²) in [5, 5.41) is 5.37. The Labute approximate surface area is 148 Å². The maximum atomic E-state index is 12.0. The number of rotatable bonds is 4. The lowest BCUT2D eigenvalue weighted by Crippen LogP contribution is -2.38. The van der Waals surface area contributed by atoms with Crippen LogP contribution in [-0.2, 0) is 9.59 Å². The Balaban J connectivity index is 1.44. The Morgan fingerprint density at radius 1 is 1.04 bits per heavy atom. The van der Waals surface area contributed by atoms with Gasteiger partial charge in [0.05, 0.1) is 0 Å². The first-order chi connectivity index (χ1) is 12.1. The number of hydrogen-bond acceptors (Lipinski definition) is 3. The van der Waals surface area contributed by atoms with Crippen molar-refractivity contribution in [3.63, 3.8) is 0 Å². The predicted octanol–water partition coefficient (Wildman–Crippen LogP) is 2.58. The lowest BCUT2D eigenvalue weighted by atomic mass is 10.1. The van der Waals surface area contributed by atoms with E-state index < -0.39 is 11.8 Å². The zero-order valence-electron chi connectivity index (χ0n) is 14.4. The summed E-state index contributed by atoms with van der Waals surface area (Å²) in [6, 6.07) is 17.6. The molecule has 1 aliphatic rings. The van der Waals surface area contributed by atoms with Crippen molar-refractivity contribution in [2.24, 2.45) is 5.92 Å². The van der Waals surface area contributed by atoms with Crippen LogP contribution in [-0.4, -0.2) is 31.4 Å². The van der Waals surface area contributed by atoms with Crippen molar-refractivity contribution in [3.8, 4) is 0 Å². The van der Waals surface area contributed by atoms with Gasteiger partial charge in [0.1, 0.15) is 0 Å². The molecule has 2 aromatic carbocycles. The van der Waals surface area contributed by atoms with Crippen LogP contribution in [0, 0.1) is 12.8 Å². The monoisotopic (exact) mass is 337 g/mol. The average Bonchev–Trinajstić information content (AvgIpc) is 3.11. The number of carbonyl (C=O) groups is 2. The minimum absolute atomic E-state index is 0.358. The fourth-order valence-corrected chi connectivity index (χ4v) is 3.01. The Morgan fingerprint density at radius 3 is 2.48 bits per heavy atom. The molecule has 0 bridgehead atoms. The molecule has 2 aromatic rings. The Morgan fingerprint density at radius 2 is 1.76 bits per heavy atom. The first-order valence-corrected chi connectivity index (χ1v) is 8.57. The molecule has 1 atom stereocenters. The van der Waals surface area contributed by atoms with Gasteiger partial charge in [0.15, 0.2) is 0 Å². The van der Waals surface area contributed by atoms with Gasteiger partial charge in [-0.25, -0.2) is 0 Å². The number of hydrogen-bond donors (Lipinski definition) is 2. The Kier molecular flexibility index (Phi) is 5.33. The molecule has 0 saturated carbocycles. The minimum Gasteiger partial charge on any atom is -0.371 e. The van der Waals surface area contributed by atoms with E-state index in [1.165, 1.54) is 5.69 Å². The van der Waals surface area contributed by atoms with Crippen LogP contribution in [0.2, 0.25) is 0 Å². The van der Waals surface area contributed by atoms with Crippen molar-refractivity contribution in [2.75, 3.05) is 29.9 Å². The van der Waals surface area contributed by atoms with E-state index in [2.05, 4.69) is 27.7 Å². The molecule has 0 unspecified atom stereocenters. The van der Waals surface area contributed by atoms with Gasteiger partial charge in [0.2, 0.25) is 0 Å². The third-order valence-electron chi connectivity index (χ3n) is 4.47. The van der Waals surface area contributed by atoms with E-state index in [0.717, 1.165) is 25.1 Å². The van der Waals surface area contributed by atoms with E-state index in [9.17, 15) is 9.59 Å². The molecular formula is C20H23N3O2. The van der Waals surface area contributed by atoms with Crippen LogP contribution in [0.25, 0.3) is 0 Å². The highest BCUT2D eigenvalue weighted by atomic mass is 16.2. The zero-order valence-corrected chi connectivity index (χ0v) is 14.4. The van der Waals surface area contributed by atoms with Crippen LogP contribution in [0.5, 0.6) is 0 Å². The molecule has 130 valence electrons. The summed E-state index contributed by atoms with van der Waals surface area (Å²) in [7, 11) is 0. The number of amides is 2. The Bertz CT molecular complexity index is 728. The summed E-state index contributed by atoms with van der Waals surface area (Å²) >= 11 is 0. The smallest absolute Gasteiger partial charge is 0.313 e. The second-order valence-corrected chi connectivity index (χ2v) is 6.47. The van der Waals surface area contributed by atoms with E-state index in [0.29, 0.717) is 18.2 Å². The third kappa shape index (κ3) is 4.59. The number of benzene rings is 2. The molecule has 2 N–H and O–H groups in total. The summed E-state index contributed by atoms with van der Waals surface area (Å²) in [6.45, 7) is 4.35. The molecule has 0 spiro atoms. The zero-order chi connectivity index (χ0) is 17.6. The van der Waals surface area contributed by atoms with Gasteiger partial charge in [-0.2, -0.15) is 0 Å². The molecule has 0 aromatic heterocycles. The maximum Gasteiger partial charge on any atom is 0.313 e. The minimum atomic E-state index is -0.623. The third-order valence-corrected chi connectivity index (χ3v) is 4.47. The second kappa shape index (κ2) is 7.83. The summed E-state index contributed by atoms with van der Waals surface area (Å²) in [6.07, 6.45) is 1.01. The molecule has 1 saturated heterocycles. The number of anilines is 2. The quantitative estimate of drug-likeness (QED) is 0.843. The number of carbonyl (C=O) groups excluding carboxylic acids is 2. The van der Waals surface area contributed by atoms with Crippen molar-refractivity contribution in [1.29, 1.82) is 0 Å². The van der Waals surface area contributed by atoms with E-state index >= 15 is 0 Å². The summed E-state index contributed by atoms with van der Waals surface area (Å²) in [4.78, 5) is 26.2. The maximum absolute atomic E-state index is 12.0. The highest BCUT2D eigenvalue weighted by molar-refractivity contribution is 6.39. The average molecular weight is 337 g/mol. The molecule has 5 nitrogen and oxygen atoms in total. The molecule has 25 heavy (non-hydrogen) atoms. The molecule has 0 aliphatic carbocycles. The summed E-state index contributed by atoms with van der Waals surface area (Å²) in [5.74, 6) is -0.850. The Hall–Kier alpha value is -2.82. The fraction of sp³-hybridized carbons (Fsp3) is 0.300. The largest absolute Gasteiger partial charge is 0.371 e. The number of nitrogens with one attached hydrogen (secondary N) is 2. The molecule has 1 aliphatic heterocycles. The summed E-state index contributed by atoms with van der Waals surface area (Å²) in [5.41, 5.74) is 2.93. The molecule has 0 radical (unpaired) electrons. The lowest BCUT2D eigenvalue weighted by molar-refractivity contribution is -0.136. The van der Waals surface area contributed by atoms with Gasteiger partial charge >= 0.3 is 11.8 Å². The molecule has 5 heteroatoms. The number of para-hydroxylation sites is 1. The van der Waals surface area contributed by atoms with Gasteiger partial charge in [-0.15, -0.1) is 0 Å². The van der Waals surface area contributed by atoms with Gasteiger partial charge in [-0.05, 0) is 43.5 Å². The molecule has 1 heterocycles. The first kappa shape index (κ1) is 17.0. The molecular weight excluding hydrogens is 314 g/mol. The number of aryl methyl sites for hydroxylation is 1. The van der Waals surface area contributed by atoms with Crippen molar-refractivity contribution in [1.82, 2.24) is 5.32 Å². The highest BCUT2D eigenvalue weighted by Crippen LogP contribution is 2.22. The van der Waals surface area contributed by atoms with Gasteiger partial charge in [-0.3, -0.25) is 9.59 Å². The molecule has 3 rings (SSSR count). The highest BCUT2D eigenvalue weighted by Gasteiger charge is 2.24. The van der Waals surface area contributed by atoms with Crippen LogP contribution in [0.3, 0.4) is 0 Å². The standard InChI is InChI=1S/C20H23N3O2/c1-15-7-9-17(10-8-15)22-20(25)19(24)21-13-16-11-12-23(14-16)18-5-3-2-4-6-18/h2-10,16H,11-14H2,1H3,(H,21,24)(H,22,25)/t16-/m0/s1. The van der Waals surface area contributed by atoms with Crippen molar-refractivity contribution >= 4 is 23.2 Å². The predicted molar refractivity (Wildman–Crippen MR) is 99.6 cm³/mol. The van der Waals surface area contributed by atoms with Crippen LogP contribution >= 0.6 is 0 Å². The van der Waals surface area contributed by atoms with E-state index in [4.69, 9.17) is 0 Å². The van der Waals surface area contributed by atoms with E-state index in [-0.39, 0.29) is 0 Å². The topological polar surface area (TPSA) is 61.4 Å². The van der Waals surface area contributed by atoms with Gasteiger partial charge in [0, 0.05) is 31.0 Å². The van der Waals surface area contributed by atoms with Crippen molar-refractivity contribution < 1.29 is 9.59 Å². The van der Waals surface area contributed by atoms with Crippen LogP contribution < -0.4 is 15.5 Å². The lowest BCUT2D eigenvalue weighted by Gasteiger charge is -2.18. The van der Waals surface area contributed by atoms with Crippen molar-refractivity contribution in [3.05, 3.63) is 60.2 Å².